The van der Waals surface area contributed by atoms with Crippen LogP contribution in [0.15, 0.2) is 48.5 Å². The molecule has 2 aromatic carbocycles. The molecule has 1 aliphatic carbocycles. The van der Waals surface area contributed by atoms with Crippen molar-refractivity contribution in [2.75, 3.05) is 6.61 Å². The molecular weight excluding hydrogens is 382 g/mol. The monoisotopic (exact) mass is 411 g/mol. The van der Waals surface area contributed by atoms with E-state index in [-0.39, 0.29) is 25.4 Å². The highest BCUT2D eigenvalue weighted by molar-refractivity contribution is 5.79. The third-order valence-corrected chi connectivity index (χ3v) is 5.06. The Morgan fingerprint density at radius 2 is 1.67 bits per heavy atom. The van der Waals surface area contributed by atoms with Gasteiger partial charge in [-0.15, -0.1) is 0 Å². The number of aliphatic hydroxyl groups excluding tert-OH is 1. The van der Waals surface area contributed by atoms with Gasteiger partial charge in [-0.05, 0) is 49.4 Å². The van der Waals surface area contributed by atoms with Gasteiger partial charge in [0.05, 0.1) is 11.6 Å². The smallest absolute Gasteiger partial charge is 0.407 e. The number of hydrogen-bond donors (Lipinski definition) is 2. The quantitative estimate of drug-likeness (QED) is 0.506. The zero-order chi connectivity index (χ0) is 21.7. The van der Waals surface area contributed by atoms with Crippen molar-refractivity contribution >= 4 is 12.4 Å². The van der Waals surface area contributed by atoms with Gasteiger partial charge in [-0.2, -0.15) is 0 Å². The second-order valence-electron chi connectivity index (χ2n) is 8.44. The van der Waals surface area contributed by atoms with Crippen molar-refractivity contribution < 1.29 is 24.2 Å². The summed E-state index contributed by atoms with van der Waals surface area (Å²) in [5.41, 5.74) is 3.96. The number of benzene rings is 2. The highest BCUT2D eigenvalue weighted by Crippen LogP contribution is 2.44. The van der Waals surface area contributed by atoms with Crippen LogP contribution in [0.2, 0.25) is 0 Å². The fourth-order valence-electron chi connectivity index (χ4n) is 3.77. The normalized spacial score (nSPS) is 15.1. The molecular formula is C24H29NO5. The largest absolute Gasteiger partial charge is 0.449 e. The van der Waals surface area contributed by atoms with Crippen LogP contribution in [0, 0.1) is 0 Å². The van der Waals surface area contributed by atoms with Gasteiger partial charge in [0, 0.05) is 12.3 Å². The average molecular weight is 411 g/mol. The van der Waals surface area contributed by atoms with E-state index < -0.39 is 24.0 Å². The lowest BCUT2D eigenvalue weighted by Crippen LogP contribution is -2.47. The van der Waals surface area contributed by atoms with Crippen LogP contribution < -0.4 is 5.32 Å². The van der Waals surface area contributed by atoms with Crippen LogP contribution in [0.3, 0.4) is 0 Å². The summed E-state index contributed by atoms with van der Waals surface area (Å²) in [5.74, 6) is -0.0488. The van der Waals surface area contributed by atoms with Crippen molar-refractivity contribution in [1.29, 1.82) is 0 Å². The van der Waals surface area contributed by atoms with Crippen LogP contribution >= 0.6 is 0 Å². The van der Waals surface area contributed by atoms with Gasteiger partial charge in [0.25, 0.3) is 0 Å². The Morgan fingerprint density at radius 1 is 1.10 bits per heavy atom. The lowest BCUT2D eigenvalue weighted by Gasteiger charge is -2.29. The van der Waals surface area contributed by atoms with Gasteiger partial charge in [-0.3, -0.25) is 0 Å². The minimum Gasteiger partial charge on any atom is -0.449 e. The summed E-state index contributed by atoms with van der Waals surface area (Å²) in [7, 11) is 0. The summed E-state index contributed by atoms with van der Waals surface area (Å²) in [6.07, 6.45) is -0.699. The summed E-state index contributed by atoms with van der Waals surface area (Å²) >= 11 is 0. The molecule has 0 aliphatic heterocycles. The zero-order valence-corrected chi connectivity index (χ0v) is 17.6. The molecule has 0 fully saturated rings. The molecule has 2 N–H and O–H groups in total. The Labute approximate surface area is 177 Å². The van der Waals surface area contributed by atoms with E-state index in [1.165, 1.54) is 0 Å². The molecule has 0 heterocycles. The standard InChI is InChI=1S/C24H29NO5/c1-24(2,3)30-22(27)21(13-8-14-26)25-23(28)29-15-20-18-11-6-4-9-16(18)17-10-5-7-12-19(17)20/h4-7,9-12,14,20-22,27H,8,13,15H2,1-3H3,(H,25,28). The van der Waals surface area contributed by atoms with Gasteiger partial charge in [0.2, 0.25) is 0 Å². The first-order valence-corrected chi connectivity index (χ1v) is 10.2. The van der Waals surface area contributed by atoms with Gasteiger partial charge in [-0.1, -0.05) is 48.5 Å². The maximum absolute atomic E-state index is 12.5. The Hall–Kier alpha value is -2.70. The van der Waals surface area contributed by atoms with Crippen molar-refractivity contribution in [3.05, 3.63) is 59.7 Å². The number of rotatable bonds is 8. The third kappa shape index (κ3) is 5.26. The first-order chi connectivity index (χ1) is 14.3. The molecule has 0 radical (unpaired) electrons. The average Bonchev–Trinajstić information content (AvgIpc) is 3.02. The van der Waals surface area contributed by atoms with Crippen LogP contribution in [-0.2, 0) is 14.3 Å². The van der Waals surface area contributed by atoms with Crippen LogP contribution in [-0.4, -0.2) is 42.0 Å². The van der Waals surface area contributed by atoms with Gasteiger partial charge >= 0.3 is 6.09 Å². The van der Waals surface area contributed by atoms with E-state index in [1.54, 1.807) is 20.8 Å². The van der Waals surface area contributed by atoms with Gasteiger partial charge in [-0.25, -0.2) is 4.79 Å². The number of carbonyl (C=O) groups excluding carboxylic acids is 2. The molecule has 30 heavy (non-hydrogen) atoms. The van der Waals surface area contributed by atoms with Crippen LogP contribution in [0.5, 0.6) is 0 Å². The van der Waals surface area contributed by atoms with Crippen molar-refractivity contribution in [3.8, 4) is 11.1 Å². The Balaban J connectivity index is 1.66. The minimum atomic E-state index is -1.24. The van der Waals surface area contributed by atoms with Crippen molar-refractivity contribution in [2.24, 2.45) is 0 Å². The van der Waals surface area contributed by atoms with E-state index in [0.717, 1.165) is 28.5 Å². The van der Waals surface area contributed by atoms with Crippen molar-refractivity contribution in [3.63, 3.8) is 0 Å². The number of aldehydes is 1. The molecule has 0 aromatic heterocycles. The van der Waals surface area contributed by atoms with E-state index in [9.17, 15) is 14.7 Å². The maximum atomic E-state index is 12.5. The zero-order valence-electron chi connectivity index (χ0n) is 17.6. The summed E-state index contributed by atoms with van der Waals surface area (Å²) in [5, 5.41) is 13.0. The fraction of sp³-hybridized carbons (Fsp3) is 0.417. The summed E-state index contributed by atoms with van der Waals surface area (Å²) in [6.45, 7) is 5.59. The summed E-state index contributed by atoms with van der Waals surface area (Å²) in [4.78, 5) is 23.2. The molecule has 0 saturated heterocycles. The lowest BCUT2D eigenvalue weighted by molar-refractivity contribution is -0.180. The summed E-state index contributed by atoms with van der Waals surface area (Å²) < 4.78 is 11.1. The first kappa shape index (κ1) is 22.0. The van der Waals surface area contributed by atoms with Crippen molar-refractivity contribution in [2.45, 2.75) is 57.5 Å². The minimum absolute atomic E-state index is 0.0488. The second-order valence-corrected chi connectivity index (χ2v) is 8.44. The number of carbonyl (C=O) groups is 2. The molecule has 3 rings (SSSR count). The number of amides is 1. The molecule has 2 unspecified atom stereocenters. The van der Waals surface area contributed by atoms with Gasteiger partial charge in [0.1, 0.15) is 12.9 Å². The highest BCUT2D eigenvalue weighted by atomic mass is 16.6. The second kappa shape index (κ2) is 9.41. The fourth-order valence-corrected chi connectivity index (χ4v) is 3.77. The first-order valence-electron chi connectivity index (χ1n) is 10.2. The lowest BCUT2D eigenvalue weighted by atomic mass is 9.98. The number of hydrogen-bond acceptors (Lipinski definition) is 5. The molecule has 1 aliphatic rings. The molecule has 0 spiro atoms. The molecule has 1 amide bonds. The molecule has 6 heteroatoms. The number of fused-ring (bicyclic) bond motifs is 3. The Morgan fingerprint density at radius 3 is 2.20 bits per heavy atom. The SMILES string of the molecule is CC(C)(C)OC(O)C(CCC=O)NC(=O)OCC1c2ccccc2-c2ccccc21. The molecule has 0 bridgehead atoms. The predicted octanol–water partition coefficient (Wildman–Crippen LogP) is 4.01. The number of aliphatic hydroxyl groups is 1. The Bertz CT molecular complexity index is 844. The number of alkyl carbamates (subject to hydrolysis) is 1. The predicted molar refractivity (Wildman–Crippen MR) is 114 cm³/mol. The van der Waals surface area contributed by atoms with Crippen LogP contribution in [0.4, 0.5) is 4.79 Å². The molecule has 6 nitrogen and oxygen atoms in total. The van der Waals surface area contributed by atoms with E-state index >= 15 is 0 Å². The number of ether oxygens (including phenoxy) is 2. The molecule has 0 saturated carbocycles. The Kier molecular flexibility index (Phi) is 6.90. The number of nitrogens with one attached hydrogen (secondary N) is 1. The van der Waals surface area contributed by atoms with Crippen LogP contribution in [0.25, 0.3) is 11.1 Å². The summed E-state index contributed by atoms with van der Waals surface area (Å²) in [6, 6.07) is 15.5. The van der Waals surface area contributed by atoms with E-state index in [4.69, 9.17) is 9.47 Å². The maximum Gasteiger partial charge on any atom is 0.407 e. The molecule has 160 valence electrons. The highest BCUT2D eigenvalue weighted by Gasteiger charge is 2.30. The molecule has 2 aromatic rings. The van der Waals surface area contributed by atoms with E-state index in [2.05, 4.69) is 29.6 Å². The van der Waals surface area contributed by atoms with Gasteiger partial charge < -0.3 is 24.7 Å². The van der Waals surface area contributed by atoms with E-state index in [1.807, 2.05) is 24.3 Å². The molecule has 2 atom stereocenters. The van der Waals surface area contributed by atoms with Gasteiger partial charge in [0.15, 0.2) is 6.29 Å². The van der Waals surface area contributed by atoms with Crippen molar-refractivity contribution in [1.82, 2.24) is 5.32 Å². The third-order valence-electron chi connectivity index (χ3n) is 5.06. The van der Waals surface area contributed by atoms with E-state index in [0.29, 0.717) is 0 Å². The van der Waals surface area contributed by atoms with Crippen LogP contribution in [0.1, 0.15) is 50.7 Å². The topological polar surface area (TPSA) is 84.9 Å².